The molecule has 1 aromatic carbocycles. The van der Waals surface area contributed by atoms with Gasteiger partial charge in [0, 0.05) is 31.1 Å². The average Bonchev–Trinajstić information content (AvgIpc) is 3.46. The highest BCUT2D eigenvalue weighted by molar-refractivity contribution is 7.18. The van der Waals surface area contributed by atoms with Gasteiger partial charge in [0.05, 0.1) is 12.0 Å². The predicted octanol–water partition coefficient (Wildman–Crippen LogP) is 4.24. The molecule has 8 nitrogen and oxygen atoms in total. The van der Waals surface area contributed by atoms with E-state index in [2.05, 4.69) is 62.0 Å². The molecule has 0 radical (unpaired) electrons. The molecule has 0 aliphatic carbocycles. The Kier molecular flexibility index (Phi) is 6.16. The third kappa shape index (κ3) is 4.79. The molecule has 0 spiro atoms. The minimum atomic E-state index is 0.132. The summed E-state index contributed by atoms with van der Waals surface area (Å²) in [5.41, 5.74) is 1.77. The smallest absolute Gasteiger partial charge is 0.154 e. The van der Waals surface area contributed by atoms with Crippen LogP contribution in [0.15, 0.2) is 30.6 Å². The largest absolute Gasteiger partial charge is 0.491 e. The maximum atomic E-state index is 5.95. The maximum absolute atomic E-state index is 5.95. The van der Waals surface area contributed by atoms with Gasteiger partial charge in [0.2, 0.25) is 0 Å². The van der Waals surface area contributed by atoms with Crippen LogP contribution in [0.25, 0.3) is 21.3 Å². The number of ether oxygens (including phenoxy) is 1. The highest BCUT2D eigenvalue weighted by Gasteiger charge is 2.23. The number of hydrogen-bond donors (Lipinski definition) is 1. The zero-order valence-corrected chi connectivity index (χ0v) is 20.4. The number of rotatable bonds is 7. The molecule has 5 rings (SSSR count). The van der Waals surface area contributed by atoms with E-state index >= 15 is 0 Å². The first-order valence-electron chi connectivity index (χ1n) is 11.6. The van der Waals surface area contributed by atoms with Crippen LogP contribution in [0.4, 0.5) is 5.82 Å². The van der Waals surface area contributed by atoms with Gasteiger partial charge in [-0.25, -0.2) is 9.97 Å². The summed E-state index contributed by atoms with van der Waals surface area (Å²) in [5.74, 6) is 1.89. The van der Waals surface area contributed by atoms with E-state index in [4.69, 9.17) is 4.74 Å². The maximum Gasteiger partial charge on any atom is 0.154 e. The lowest BCUT2D eigenvalue weighted by molar-refractivity contribution is 0.239. The Labute approximate surface area is 198 Å². The van der Waals surface area contributed by atoms with Gasteiger partial charge in [0.15, 0.2) is 5.52 Å². The van der Waals surface area contributed by atoms with Crippen LogP contribution >= 0.6 is 11.3 Å². The number of hydrogen-bond acceptors (Lipinski definition) is 8. The van der Waals surface area contributed by atoms with Crippen molar-refractivity contribution < 1.29 is 4.74 Å². The Balaban J connectivity index is 1.10. The van der Waals surface area contributed by atoms with Crippen LogP contribution in [0.1, 0.15) is 38.5 Å². The number of unbranched alkanes of at least 4 members (excludes halogenated alkanes) is 1. The Morgan fingerprint density at radius 3 is 2.73 bits per heavy atom. The summed E-state index contributed by atoms with van der Waals surface area (Å²) in [7, 11) is 0. The first kappa shape index (κ1) is 22.0. The van der Waals surface area contributed by atoms with Crippen molar-refractivity contribution in [2.45, 2.75) is 39.0 Å². The summed E-state index contributed by atoms with van der Waals surface area (Å²) < 4.78 is 5.95. The SMILES string of the molecule is CC(C)(C)c1cc2c(N3CCN(CCCCOc4cccc5n[nH]nc45)CC3)ncnc2s1. The Morgan fingerprint density at radius 2 is 1.91 bits per heavy atom. The lowest BCUT2D eigenvalue weighted by Gasteiger charge is -2.35. The molecule has 4 heterocycles. The van der Waals surface area contributed by atoms with Crippen molar-refractivity contribution in [3.8, 4) is 5.75 Å². The van der Waals surface area contributed by atoms with Crippen LogP contribution in [0.5, 0.6) is 5.75 Å². The fourth-order valence-corrected chi connectivity index (χ4v) is 5.28. The minimum Gasteiger partial charge on any atom is -0.491 e. The molecule has 0 unspecified atom stereocenters. The van der Waals surface area contributed by atoms with E-state index in [-0.39, 0.29) is 5.41 Å². The van der Waals surface area contributed by atoms with Gasteiger partial charge in [0.25, 0.3) is 0 Å². The summed E-state index contributed by atoms with van der Waals surface area (Å²) in [6.07, 6.45) is 3.85. The predicted molar refractivity (Wildman–Crippen MR) is 133 cm³/mol. The zero-order valence-electron chi connectivity index (χ0n) is 19.5. The number of nitrogens with one attached hydrogen (secondary N) is 1. The molecule has 1 saturated heterocycles. The van der Waals surface area contributed by atoms with E-state index in [1.807, 2.05) is 18.2 Å². The van der Waals surface area contributed by atoms with Crippen LogP contribution < -0.4 is 9.64 Å². The molecular weight excluding hydrogens is 434 g/mol. The fraction of sp³-hybridized carbons (Fsp3) is 0.500. The molecule has 1 N–H and O–H groups in total. The van der Waals surface area contributed by atoms with Gasteiger partial charge in [0.1, 0.15) is 28.2 Å². The summed E-state index contributed by atoms with van der Waals surface area (Å²) in [5, 5.41) is 12.1. The molecule has 33 heavy (non-hydrogen) atoms. The van der Waals surface area contributed by atoms with Crippen LogP contribution in [-0.4, -0.2) is 69.6 Å². The van der Waals surface area contributed by atoms with Crippen molar-refractivity contribution in [1.29, 1.82) is 0 Å². The minimum absolute atomic E-state index is 0.132. The van der Waals surface area contributed by atoms with Crippen molar-refractivity contribution in [1.82, 2.24) is 30.3 Å². The monoisotopic (exact) mass is 465 g/mol. The first-order chi connectivity index (χ1) is 16.0. The Bertz CT molecular complexity index is 1220. The molecule has 3 aromatic heterocycles. The average molecular weight is 466 g/mol. The third-order valence-electron chi connectivity index (χ3n) is 6.16. The van der Waals surface area contributed by atoms with Crippen molar-refractivity contribution >= 4 is 38.4 Å². The molecule has 4 aromatic rings. The summed E-state index contributed by atoms with van der Waals surface area (Å²) >= 11 is 1.79. The van der Waals surface area contributed by atoms with E-state index in [0.717, 1.165) is 73.0 Å². The van der Waals surface area contributed by atoms with Crippen LogP contribution in [0.2, 0.25) is 0 Å². The third-order valence-corrected chi connectivity index (χ3v) is 7.62. The number of H-pyrrole nitrogens is 1. The molecular formula is C24H31N7OS. The summed E-state index contributed by atoms with van der Waals surface area (Å²) in [4.78, 5) is 16.6. The molecule has 174 valence electrons. The van der Waals surface area contributed by atoms with Crippen molar-refractivity contribution in [2.24, 2.45) is 0 Å². The highest BCUT2D eigenvalue weighted by atomic mass is 32.1. The highest BCUT2D eigenvalue weighted by Crippen LogP contribution is 2.36. The van der Waals surface area contributed by atoms with Gasteiger partial charge in [-0.15, -0.1) is 11.3 Å². The number of aromatic nitrogens is 5. The number of anilines is 1. The molecule has 9 heteroatoms. The van der Waals surface area contributed by atoms with E-state index in [0.29, 0.717) is 6.61 Å². The van der Waals surface area contributed by atoms with Crippen LogP contribution in [0.3, 0.4) is 0 Å². The first-order valence-corrected chi connectivity index (χ1v) is 12.5. The Morgan fingerprint density at radius 1 is 1.06 bits per heavy atom. The van der Waals surface area contributed by atoms with E-state index in [1.54, 1.807) is 17.7 Å². The van der Waals surface area contributed by atoms with Gasteiger partial charge >= 0.3 is 0 Å². The standard InChI is InChI=1S/C24H31N7OS/c1-24(2,3)20-15-17-22(25-16-26-23(17)33-20)31-12-10-30(11-13-31)9-4-5-14-32-19-8-6-7-18-21(19)28-29-27-18/h6-8,15-16H,4-5,9-14H2,1-3H3,(H,27,28,29). The van der Waals surface area contributed by atoms with E-state index in [9.17, 15) is 0 Å². The molecule has 1 aliphatic rings. The van der Waals surface area contributed by atoms with Gasteiger partial charge in [-0.05, 0) is 43.0 Å². The zero-order chi connectivity index (χ0) is 22.8. The topological polar surface area (TPSA) is 83.1 Å². The van der Waals surface area contributed by atoms with Gasteiger partial charge in [-0.2, -0.15) is 15.4 Å². The molecule has 0 bridgehead atoms. The van der Waals surface area contributed by atoms with Gasteiger partial charge < -0.3 is 9.64 Å². The van der Waals surface area contributed by atoms with Crippen molar-refractivity contribution in [3.05, 3.63) is 35.5 Å². The van der Waals surface area contributed by atoms with Crippen molar-refractivity contribution in [3.63, 3.8) is 0 Å². The van der Waals surface area contributed by atoms with Crippen LogP contribution in [-0.2, 0) is 5.41 Å². The fourth-order valence-electron chi connectivity index (χ4n) is 4.23. The van der Waals surface area contributed by atoms with E-state index < -0.39 is 0 Å². The summed E-state index contributed by atoms with van der Waals surface area (Å²) in [6, 6.07) is 8.12. The second-order valence-corrected chi connectivity index (χ2v) is 10.6. The number of fused-ring (bicyclic) bond motifs is 2. The molecule has 0 atom stereocenters. The Hall–Kier alpha value is -2.78. The van der Waals surface area contributed by atoms with Crippen LogP contribution in [0, 0.1) is 0 Å². The number of piperazine rings is 1. The van der Waals surface area contributed by atoms with Gasteiger partial charge in [-0.1, -0.05) is 26.8 Å². The molecule has 1 aliphatic heterocycles. The molecule has 0 amide bonds. The molecule has 1 fully saturated rings. The van der Waals surface area contributed by atoms with E-state index in [1.165, 1.54) is 10.3 Å². The lowest BCUT2D eigenvalue weighted by atomic mass is 9.94. The number of para-hydroxylation sites is 1. The molecule has 0 saturated carbocycles. The number of aromatic amines is 1. The normalized spacial score (nSPS) is 15.5. The summed E-state index contributed by atoms with van der Waals surface area (Å²) in [6.45, 7) is 12.7. The second kappa shape index (κ2) is 9.23. The quantitative estimate of drug-likeness (QED) is 0.409. The van der Waals surface area contributed by atoms with Gasteiger partial charge in [-0.3, -0.25) is 4.90 Å². The number of benzene rings is 1. The second-order valence-electron chi connectivity index (χ2n) is 9.61. The lowest BCUT2D eigenvalue weighted by Crippen LogP contribution is -2.47. The number of thiophene rings is 1. The van der Waals surface area contributed by atoms with Crippen molar-refractivity contribution in [2.75, 3.05) is 44.2 Å². The number of nitrogens with zero attached hydrogens (tertiary/aromatic N) is 6.